The Morgan fingerprint density at radius 3 is 2.68 bits per heavy atom. The van der Waals surface area contributed by atoms with Crippen molar-refractivity contribution in [1.29, 1.82) is 0 Å². The molecule has 1 saturated heterocycles. The minimum Gasteiger partial charge on any atom is -0.363 e. The Hall–Kier alpha value is -1.87. The van der Waals surface area contributed by atoms with Gasteiger partial charge in [-0.15, -0.1) is 0 Å². The molecule has 0 spiro atoms. The number of likely N-dealkylation sites (tertiary alicyclic amines) is 1. The number of anilines is 1. The van der Waals surface area contributed by atoms with Crippen LogP contribution >= 0.6 is 0 Å². The van der Waals surface area contributed by atoms with Crippen LogP contribution in [-0.2, 0) is 6.54 Å². The van der Waals surface area contributed by atoms with Gasteiger partial charge in [-0.05, 0) is 49.1 Å². The number of pyridine rings is 1. The molecule has 0 saturated carbocycles. The number of benzene rings is 1. The Kier molecular flexibility index (Phi) is 4.44. The van der Waals surface area contributed by atoms with Crippen molar-refractivity contribution in [2.45, 2.75) is 32.4 Å². The Morgan fingerprint density at radius 2 is 2.00 bits per heavy atom. The molecule has 0 N–H and O–H groups in total. The molecule has 2 aromatic rings. The number of nitrogens with zero attached hydrogens (tertiary/aromatic N) is 3. The first-order valence-corrected chi connectivity index (χ1v) is 8.07. The number of hydrogen-bond acceptors (Lipinski definition) is 3. The highest BCUT2D eigenvalue weighted by atomic mass is 15.2. The van der Waals surface area contributed by atoms with E-state index < -0.39 is 0 Å². The van der Waals surface area contributed by atoms with Crippen molar-refractivity contribution in [3.63, 3.8) is 0 Å². The second kappa shape index (κ2) is 6.49. The molecular formula is C19H25N3. The van der Waals surface area contributed by atoms with Gasteiger partial charge in [0, 0.05) is 32.9 Å². The van der Waals surface area contributed by atoms with Gasteiger partial charge in [-0.25, -0.2) is 4.98 Å². The quantitative estimate of drug-likeness (QED) is 0.855. The van der Waals surface area contributed by atoms with Gasteiger partial charge in [0.05, 0.1) is 0 Å². The number of aryl methyl sites for hydroxylation is 1. The first-order chi connectivity index (χ1) is 10.6. The predicted molar refractivity (Wildman–Crippen MR) is 92.1 cm³/mol. The van der Waals surface area contributed by atoms with Crippen LogP contribution < -0.4 is 4.90 Å². The molecule has 22 heavy (non-hydrogen) atoms. The molecule has 1 unspecified atom stereocenters. The summed E-state index contributed by atoms with van der Waals surface area (Å²) < 4.78 is 0. The summed E-state index contributed by atoms with van der Waals surface area (Å²) in [6, 6.07) is 13.6. The molecule has 0 amide bonds. The lowest BCUT2D eigenvalue weighted by Crippen LogP contribution is -2.23. The van der Waals surface area contributed by atoms with Crippen LogP contribution in [0.4, 0.5) is 5.82 Å². The number of hydrogen-bond donors (Lipinski definition) is 0. The minimum absolute atomic E-state index is 0.502. The Labute approximate surface area is 133 Å². The Bertz CT molecular complexity index is 622. The monoisotopic (exact) mass is 295 g/mol. The van der Waals surface area contributed by atoms with E-state index in [1.54, 1.807) is 0 Å². The van der Waals surface area contributed by atoms with Crippen LogP contribution in [0.2, 0.25) is 0 Å². The third-order valence-corrected chi connectivity index (χ3v) is 4.47. The second-order valence-corrected chi connectivity index (χ2v) is 6.42. The summed E-state index contributed by atoms with van der Waals surface area (Å²) >= 11 is 0. The van der Waals surface area contributed by atoms with E-state index in [1.807, 2.05) is 14.1 Å². The van der Waals surface area contributed by atoms with Gasteiger partial charge in [0.25, 0.3) is 0 Å². The summed E-state index contributed by atoms with van der Waals surface area (Å²) in [4.78, 5) is 9.33. The molecule has 3 rings (SSSR count). The van der Waals surface area contributed by atoms with Crippen LogP contribution in [0.1, 0.15) is 35.6 Å². The molecule has 1 aliphatic rings. The van der Waals surface area contributed by atoms with E-state index in [2.05, 4.69) is 64.3 Å². The molecule has 1 aliphatic heterocycles. The molecule has 3 nitrogen and oxygen atoms in total. The van der Waals surface area contributed by atoms with Gasteiger partial charge in [0.15, 0.2) is 0 Å². The highest BCUT2D eigenvalue weighted by Gasteiger charge is 2.26. The van der Waals surface area contributed by atoms with Crippen LogP contribution in [0.5, 0.6) is 0 Å². The molecule has 0 aliphatic carbocycles. The maximum atomic E-state index is 4.66. The molecule has 0 radical (unpaired) electrons. The predicted octanol–water partition coefficient (Wildman–Crippen LogP) is 3.79. The van der Waals surface area contributed by atoms with Crippen molar-refractivity contribution in [3.8, 4) is 0 Å². The van der Waals surface area contributed by atoms with E-state index in [4.69, 9.17) is 0 Å². The van der Waals surface area contributed by atoms with Gasteiger partial charge >= 0.3 is 0 Å². The molecule has 0 bridgehead atoms. The normalized spacial score (nSPS) is 18.6. The average molecular weight is 295 g/mol. The lowest BCUT2D eigenvalue weighted by Gasteiger charge is -2.25. The van der Waals surface area contributed by atoms with Crippen molar-refractivity contribution in [3.05, 3.63) is 59.3 Å². The van der Waals surface area contributed by atoms with Gasteiger partial charge in [-0.1, -0.05) is 30.3 Å². The van der Waals surface area contributed by atoms with Crippen molar-refractivity contribution >= 4 is 5.82 Å². The van der Waals surface area contributed by atoms with Crippen LogP contribution in [0, 0.1) is 6.92 Å². The zero-order valence-electron chi connectivity index (χ0n) is 13.8. The third kappa shape index (κ3) is 3.14. The lowest BCUT2D eigenvalue weighted by atomic mass is 10.0. The van der Waals surface area contributed by atoms with Crippen LogP contribution in [-0.4, -0.2) is 30.5 Å². The molecular weight excluding hydrogens is 270 g/mol. The van der Waals surface area contributed by atoms with Crippen LogP contribution in [0.25, 0.3) is 0 Å². The molecule has 2 heterocycles. The number of aromatic nitrogens is 1. The zero-order valence-corrected chi connectivity index (χ0v) is 13.8. The highest BCUT2D eigenvalue weighted by Crippen LogP contribution is 2.34. The molecule has 1 aromatic carbocycles. The highest BCUT2D eigenvalue weighted by molar-refractivity contribution is 5.46. The maximum Gasteiger partial charge on any atom is 0.130 e. The number of rotatable bonds is 4. The fourth-order valence-electron chi connectivity index (χ4n) is 3.45. The Morgan fingerprint density at radius 1 is 1.23 bits per heavy atom. The van der Waals surface area contributed by atoms with Crippen molar-refractivity contribution in [2.24, 2.45) is 0 Å². The van der Waals surface area contributed by atoms with Crippen molar-refractivity contribution in [2.75, 3.05) is 25.5 Å². The van der Waals surface area contributed by atoms with E-state index in [-0.39, 0.29) is 0 Å². The van der Waals surface area contributed by atoms with Crippen LogP contribution in [0.15, 0.2) is 42.6 Å². The van der Waals surface area contributed by atoms with E-state index in [9.17, 15) is 0 Å². The van der Waals surface area contributed by atoms with Gasteiger partial charge < -0.3 is 4.90 Å². The topological polar surface area (TPSA) is 19.4 Å². The summed E-state index contributed by atoms with van der Waals surface area (Å²) in [6.45, 7) is 4.36. The molecule has 3 heteroatoms. The summed E-state index contributed by atoms with van der Waals surface area (Å²) in [6.07, 6.45) is 4.57. The Balaban J connectivity index is 1.79. The molecule has 1 fully saturated rings. The second-order valence-electron chi connectivity index (χ2n) is 6.42. The fraction of sp³-hybridized carbons (Fsp3) is 0.421. The molecule has 116 valence electrons. The third-order valence-electron chi connectivity index (χ3n) is 4.47. The van der Waals surface area contributed by atoms with Crippen molar-refractivity contribution < 1.29 is 0 Å². The summed E-state index contributed by atoms with van der Waals surface area (Å²) in [5, 5.41) is 0. The summed E-state index contributed by atoms with van der Waals surface area (Å²) in [7, 11) is 4.10. The zero-order chi connectivity index (χ0) is 15.5. The smallest absolute Gasteiger partial charge is 0.130 e. The lowest BCUT2D eigenvalue weighted by molar-refractivity contribution is 0.248. The van der Waals surface area contributed by atoms with Crippen molar-refractivity contribution in [1.82, 2.24) is 9.88 Å². The first-order valence-electron chi connectivity index (χ1n) is 8.07. The van der Waals surface area contributed by atoms with E-state index >= 15 is 0 Å². The molecule has 1 aromatic heterocycles. The summed E-state index contributed by atoms with van der Waals surface area (Å²) in [5.41, 5.74) is 4.01. The molecule has 1 atom stereocenters. The van der Waals surface area contributed by atoms with Gasteiger partial charge in [0.1, 0.15) is 5.82 Å². The van der Waals surface area contributed by atoms with E-state index in [0.717, 1.165) is 12.4 Å². The van der Waals surface area contributed by atoms with Crippen LogP contribution in [0.3, 0.4) is 0 Å². The van der Waals surface area contributed by atoms with Gasteiger partial charge in [-0.2, -0.15) is 0 Å². The van der Waals surface area contributed by atoms with E-state index in [0.29, 0.717) is 6.04 Å². The average Bonchev–Trinajstić information content (AvgIpc) is 2.96. The SMILES string of the molecule is Cc1cc(C2CCCN2Cc2ccccc2)cnc1N(C)C. The van der Waals surface area contributed by atoms with E-state index in [1.165, 1.54) is 36.1 Å². The first kappa shape index (κ1) is 15.0. The largest absolute Gasteiger partial charge is 0.363 e. The standard InChI is InChI=1S/C19H25N3/c1-15-12-17(13-20-19(15)21(2)3)18-10-7-11-22(18)14-16-8-5-4-6-9-16/h4-6,8-9,12-13,18H,7,10-11,14H2,1-3H3. The fourth-order valence-corrected chi connectivity index (χ4v) is 3.45. The van der Waals surface area contributed by atoms with Gasteiger partial charge in [0.2, 0.25) is 0 Å². The maximum absolute atomic E-state index is 4.66. The minimum atomic E-state index is 0.502. The van der Waals surface area contributed by atoms with Gasteiger partial charge in [-0.3, -0.25) is 4.90 Å². The summed E-state index contributed by atoms with van der Waals surface area (Å²) in [5.74, 6) is 1.07.